The van der Waals surface area contributed by atoms with Crippen LogP contribution in [0, 0.1) is 5.92 Å². The Morgan fingerprint density at radius 3 is 2.83 bits per heavy atom. The van der Waals surface area contributed by atoms with E-state index in [1.807, 2.05) is 12.1 Å². The lowest BCUT2D eigenvalue weighted by Crippen LogP contribution is -2.26. The summed E-state index contributed by atoms with van der Waals surface area (Å²) in [5.41, 5.74) is 0. The zero-order chi connectivity index (χ0) is 12.6. The summed E-state index contributed by atoms with van der Waals surface area (Å²) in [4.78, 5) is 1.22. The van der Waals surface area contributed by atoms with Gasteiger partial charge >= 0.3 is 0 Å². The standard InChI is InChI=1S/C15H23NOS/c1-18-15-9-5-4-8-14(15)17-11-10-16-12-13-6-2-3-7-13/h4-5,8-9,13,16H,2-3,6-7,10-12H2,1H3. The smallest absolute Gasteiger partial charge is 0.132 e. The van der Waals surface area contributed by atoms with Crippen molar-refractivity contribution in [1.82, 2.24) is 5.32 Å². The Hall–Kier alpha value is -0.670. The fourth-order valence-corrected chi connectivity index (χ4v) is 3.03. The maximum absolute atomic E-state index is 5.81. The van der Waals surface area contributed by atoms with E-state index in [0.717, 1.165) is 31.4 Å². The summed E-state index contributed by atoms with van der Waals surface area (Å²) in [7, 11) is 0. The highest BCUT2D eigenvalue weighted by molar-refractivity contribution is 7.98. The van der Waals surface area contributed by atoms with Crippen LogP contribution >= 0.6 is 11.8 Å². The minimum atomic E-state index is 0.754. The van der Waals surface area contributed by atoms with E-state index in [4.69, 9.17) is 4.74 Å². The Balaban J connectivity index is 1.62. The molecule has 100 valence electrons. The number of nitrogens with one attached hydrogen (secondary N) is 1. The summed E-state index contributed by atoms with van der Waals surface area (Å²) >= 11 is 1.73. The average Bonchev–Trinajstić information content (AvgIpc) is 2.92. The molecule has 0 amide bonds. The average molecular weight is 265 g/mol. The first-order valence-corrected chi connectivity index (χ1v) is 8.09. The first kappa shape index (κ1) is 13.8. The summed E-state index contributed by atoms with van der Waals surface area (Å²) in [6.45, 7) is 2.86. The number of rotatable bonds is 7. The molecule has 1 aliphatic rings. The number of thioether (sulfide) groups is 1. The van der Waals surface area contributed by atoms with Gasteiger partial charge in [0.15, 0.2) is 0 Å². The molecule has 1 aromatic carbocycles. The summed E-state index contributed by atoms with van der Waals surface area (Å²) in [6, 6.07) is 8.23. The SMILES string of the molecule is CSc1ccccc1OCCNCC1CCCC1. The molecular formula is C15H23NOS. The van der Waals surface area contributed by atoms with Gasteiger partial charge in [0, 0.05) is 11.4 Å². The number of hydrogen-bond donors (Lipinski definition) is 1. The fraction of sp³-hybridized carbons (Fsp3) is 0.600. The predicted molar refractivity (Wildman–Crippen MR) is 78.5 cm³/mol. The number of ether oxygens (including phenoxy) is 1. The molecule has 1 N–H and O–H groups in total. The van der Waals surface area contributed by atoms with Gasteiger partial charge in [0.2, 0.25) is 0 Å². The molecule has 2 rings (SSSR count). The zero-order valence-electron chi connectivity index (χ0n) is 11.2. The fourth-order valence-electron chi connectivity index (χ4n) is 2.49. The molecule has 0 aromatic heterocycles. The van der Waals surface area contributed by atoms with E-state index in [1.165, 1.54) is 30.6 Å². The van der Waals surface area contributed by atoms with Gasteiger partial charge in [-0.1, -0.05) is 25.0 Å². The number of hydrogen-bond acceptors (Lipinski definition) is 3. The van der Waals surface area contributed by atoms with Crippen molar-refractivity contribution in [3.63, 3.8) is 0 Å². The van der Waals surface area contributed by atoms with Gasteiger partial charge in [0.1, 0.15) is 12.4 Å². The van der Waals surface area contributed by atoms with Gasteiger partial charge in [-0.25, -0.2) is 0 Å². The Labute approximate surface area is 114 Å². The van der Waals surface area contributed by atoms with Gasteiger partial charge in [-0.2, -0.15) is 0 Å². The molecule has 0 atom stereocenters. The monoisotopic (exact) mass is 265 g/mol. The number of para-hydroxylation sites is 1. The molecule has 18 heavy (non-hydrogen) atoms. The molecule has 2 nitrogen and oxygen atoms in total. The summed E-state index contributed by atoms with van der Waals surface area (Å²) in [5.74, 6) is 1.91. The Kier molecular flexibility index (Phi) is 5.88. The normalized spacial score (nSPS) is 16.1. The second-order valence-electron chi connectivity index (χ2n) is 4.85. The first-order chi connectivity index (χ1) is 8.90. The largest absolute Gasteiger partial charge is 0.491 e. The van der Waals surface area contributed by atoms with Crippen molar-refractivity contribution in [1.29, 1.82) is 0 Å². The van der Waals surface area contributed by atoms with Crippen molar-refractivity contribution >= 4 is 11.8 Å². The Bertz CT molecular complexity index is 350. The lowest BCUT2D eigenvalue weighted by atomic mass is 10.1. The second-order valence-corrected chi connectivity index (χ2v) is 5.70. The van der Waals surface area contributed by atoms with Gasteiger partial charge < -0.3 is 10.1 Å². The van der Waals surface area contributed by atoms with Crippen LogP contribution in [-0.4, -0.2) is 26.0 Å². The summed E-state index contributed by atoms with van der Waals surface area (Å²) < 4.78 is 5.81. The minimum Gasteiger partial charge on any atom is -0.491 e. The van der Waals surface area contributed by atoms with Crippen molar-refractivity contribution in [3.05, 3.63) is 24.3 Å². The quantitative estimate of drug-likeness (QED) is 0.601. The van der Waals surface area contributed by atoms with Crippen LogP contribution < -0.4 is 10.1 Å². The van der Waals surface area contributed by atoms with Crippen LogP contribution in [0.3, 0.4) is 0 Å². The van der Waals surface area contributed by atoms with E-state index >= 15 is 0 Å². The molecule has 0 heterocycles. The van der Waals surface area contributed by atoms with E-state index < -0.39 is 0 Å². The molecule has 0 saturated heterocycles. The summed E-state index contributed by atoms with van der Waals surface area (Å²) in [6.07, 6.45) is 7.74. The molecular weight excluding hydrogens is 242 g/mol. The summed E-state index contributed by atoms with van der Waals surface area (Å²) in [5, 5.41) is 3.50. The Morgan fingerprint density at radius 2 is 2.06 bits per heavy atom. The molecule has 0 bridgehead atoms. The van der Waals surface area contributed by atoms with Crippen LogP contribution in [0.5, 0.6) is 5.75 Å². The lowest BCUT2D eigenvalue weighted by molar-refractivity contribution is 0.302. The highest BCUT2D eigenvalue weighted by Crippen LogP contribution is 2.26. The van der Waals surface area contributed by atoms with E-state index in [0.29, 0.717) is 0 Å². The molecule has 1 saturated carbocycles. The minimum absolute atomic E-state index is 0.754. The third kappa shape index (κ3) is 4.21. The Morgan fingerprint density at radius 1 is 1.28 bits per heavy atom. The first-order valence-electron chi connectivity index (χ1n) is 6.86. The van der Waals surface area contributed by atoms with Crippen LogP contribution in [0.2, 0.25) is 0 Å². The van der Waals surface area contributed by atoms with Gasteiger partial charge in [0.05, 0.1) is 0 Å². The molecule has 3 heteroatoms. The van der Waals surface area contributed by atoms with Crippen molar-refractivity contribution in [3.8, 4) is 5.75 Å². The maximum Gasteiger partial charge on any atom is 0.132 e. The van der Waals surface area contributed by atoms with Crippen molar-refractivity contribution in [2.24, 2.45) is 5.92 Å². The highest BCUT2D eigenvalue weighted by Gasteiger charge is 2.13. The lowest BCUT2D eigenvalue weighted by Gasteiger charge is -2.12. The number of benzene rings is 1. The van der Waals surface area contributed by atoms with Crippen LogP contribution in [0.25, 0.3) is 0 Å². The maximum atomic E-state index is 5.81. The molecule has 0 aliphatic heterocycles. The van der Waals surface area contributed by atoms with E-state index in [2.05, 4.69) is 23.7 Å². The second kappa shape index (κ2) is 7.70. The molecule has 0 radical (unpaired) electrons. The van der Waals surface area contributed by atoms with Crippen LogP contribution in [0.4, 0.5) is 0 Å². The van der Waals surface area contributed by atoms with Gasteiger partial charge in [0.25, 0.3) is 0 Å². The zero-order valence-corrected chi connectivity index (χ0v) is 12.0. The molecule has 0 spiro atoms. The molecule has 0 unspecified atom stereocenters. The van der Waals surface area contributed by atoms with Crippen LogP contribution in [-0.2, 0) is 0 Å². The van der Waals surface area contributed by atoms with Crippen LogP contribution in [0.1, 0.15) is 25.7 Å². The van der Waals surface area contributed by atoms with E-state index in [1.54, 1.807) is 11.8 Å². The van der Waals surface area contributed by atoms with Gasteiger partial charge in [-0.05, 0) is 43.7 Å². The van der Waals surface area contributed by atoms with Gasteiger partial charge in [-0.3, -0.25) is 0 Å². The van der Waals surface area contributed by atoms with Crippen molar-refractivity contribution in [2.75, 3.05) is 26.0 Å². The molecule has 1 aliphatic carbocycles. The van der Waals surface area contributed by atoms with E-state index in [-0.39, 0.29) is 0 Å². The third-order valence-corrected chi connectivity index (χ3v) is 4.29. The van der Waals surface area contributed by atoms with Crippen molar-refractivity contribution in [2.45, 2.75) is 30.6 Å². The highest BCUT2D eigenvalue weighted by atomic mass is 32.2. The third-order valence-electron chi connectivity index (χ3n) is 3.51. The molecule has 1 fully saturated rings. The topological polar surface area (TPSA) is 21.3 Å². The molecule has 1 aromatic rings. The van der Waals surface area contributed by atoms with E-state index in [9.17, 15) is 0 Å². The van der Waals surface area contributed by atoms with Crippen molar-refractivity contribution < 1.29 is 4.74 Å². The van der Waals surface area contributed by atoms with Crippen LogP contribution in [0.15, 0.2) is 29.2 Å². The predicted octanol–water partition coefficient (Wildman–Crippen LogP) is 3.57. The van der Waals surface area contributed by atoms with Gasteiger partial charge in [-0.15, -0.1) is 11.8 Å².